The maximum absolute atomic E-state index is 14.8. The summed E-state index contributed by atoms with van der Waals surface area (Å²) in [4.78, 5) is 147. The monoisotopic (exact) mass is 1240 g/mol. The number of unbranched alkanes of at least 4 members (excludes halogenated alkanes) is 3. The Morgan fingerprint density at radius 1 is 0.831 bits per heavy atom. The van der Waals surface area contributed by atoms with Gasteiger partial charge in [-0.3, -0.25) is 38.5 Å². The third-order valence-electron chi connectivity index (χ3n) is 19.1. The SMILES string of the molecule is CC[C@@H]1CCOC(=O)/C=C/C=C\C(=O)OC2CC3O[C@@H]4C=C(C)CC[C@]4(COC(=O)C1NC(=O)C(C)(C)C(C)C(=O)OC(C)c1ccc(NC(=O)[C@H](CCCCNC(N)=O)NC(=O)C(NC(=O)CCCCCN4C(=O)C=CC4=O)C(C)C)cc1)C2(C)[C@]31CO1. The molecule has 2 spiro atoms. The van der Waals surface area contributed by atoms with Crippen molar-refractivity contribution in [2.75, 3.05) is 38.2 Å². The molecular formula is C65H89N7O17. The number of allylic oxidation sites excluding steroid dienone is 3. The van der Waals surface area contributed by atoms with Crippen LogP contribution in [-0.4, -0.2) is 145 Å². The second kappa shape index (κ2) is 29.7. The first-order valence-electron chi connectivity index (χ1n) is 31.1. The van der Waals surface area contributed by atoms with Gasteiger partial charge in [0.1, 0.15) is 42.5 Å². The smallest absolute Gasteiger partial charge is 0.331 e. The van der Waals surface area contributed by atoms with E-state index in [0.717, 1.165) is 16.5 Å². The van der Waals surface area contributed by atoms with Gasteiger partial charge in [-0.25, -0.2) is 19.2 Å². The molecule has 2 bridgehead atoms. The van der Waals surface area contributed by atoms with Gasteiger partial charge in [-0.1, -0.05) is 97.2 Å². The van der Waals surface area contributed by atoms with Crippen molar-refractivity contribution in [1.82, 2.24) is 26.2 Å². The molecule has 7 N–H and O–H groups in total. The molecule has 1 aromatic carbocycles. The summed E-state index contributed by atoms with van der Waals surface area (Å²) >= 11 is 0. The van der Waals surface area contributed by atoms with Crippen LogP contribution in [0, 0.1) is 34.0 Å². The summed E-state index contributed by atoms with van der Waals surface area (Å²) in [6, 6.07) is 2.46. The first kappa shape index (κ1) is 68.8. The Balaban J connectivity index is 0.986. The van der Waals surface area contributed by atoms with E-state index in [1.54, 1.807) is 65.8 Å². The lowest BCUT2D eigenvalue weighted by Gasteiger charge is -2.58. The van der Waals surface area contributed by atoms with Crippen molar-refractivity contribution < 1.29 is 81.2 Å². The second-order valence-electron chi connectivity index (χ2n) is 25.4. The molecule has 7 unspecified atom stereocenters. The highest BCUT2D eigenvalue weighted by atomic mass is 16.6. The maximum Gasteiger partial charge on any atom is 0.331 e. The van der Waals surface area contributed by atoms with E-state index in [-0.39, 0.29) is 69.2 Å². The minimum Gasteiger partial charge on any atom is -0.463 e. The fourth-order valence-corrected chi connectivity index (χ4v) is 12.8. The number of nitrogens with one attached hydrogen (secondary N) is 5. The topological polar surface area (TPSA) is 336 Å². The number of carbonyl (C=O) groups excluding carboxylic acids is 11. The number of rotatable bonds is 24. The minimum absolute atomic E-state index is 0.0917. The summed E-state index contributed by atoms with van der Waals surface area (Å²) in [6.45, 7) is 16.3. The van der Waals surface area contributed by atoms with Crippen molar-refractivity contribution in [1.29, 1.82) is 0 Å². The van der Waals surface area contributed by atoms with Crippen molar-refractivity contribution in [2.45, 2.75) is 188 Å². The standard InChI is InChI=1S/C65H89N7O17/c1-10-42-29-33-84-52(76)20-13-14-21-53(77)89-46-35-48-65(37-86-65)63(46,9)64(30-28-39(4)34-47(64)88-48)36-85-59(81)55(42)71-60(82)62(7,8)40(5)58(80)87-41(6)43-22-24-44(25-23-43)68-56(78)45(18-15-16-31-67-61(66)83)69-57(79)54(38(2)3)70-49(73)19-12-11-17-32-72-50(74)26-27-51(72)75/h13-14,20-27,34,38,40-42,45-48,54-55H,10-12,15-19,28-33,35-37H2,1-9H3,(H,68,78)(H,69,79)(H,70,73)(H,71,82)(H3,66,67,83)/b20-13+,21-14-/t40?,41?,42-,45+,46?,47-,48?,54?,55?,63?,64-,65+/m1/s1. The number of hydrogen-bond donors (Lipinski definition) is 6. The Morgan fingerprint density at radius 3 is 2.17 bits per heavy atom. The van der Waals surface area contributed by atoms with Crippen molar-refractivity contribution in [3.8, 4) is 0 Å². The number of cyclic esters (lactones) is 2. The zero-order valence-corrected chi connectivity index (χ0v) is 52.6. The molecule has 0 aromatic heterocycles. The summed E-state index contributed by atoms with van der Waals surface area (Å²) in [5, 5.41) is 13.9. The van der Waals surface area contributed by atoms with Crippen molar-refractivity contribution in [3.05, 3.63) is 77.9 Å². The van der Waals surface area contributed by atoms with Gasteiger partial charge in [0.25, 0.3) is 11.8 Å². The van der Waals surface area contributed by atoms with Gasteiger partial charge in [0, 0.05) is 61.3 Å². The molecule has 3 fully saturated rings. The number of anilines is 1. The molecule has 1 saturated carbocycles. The fourth-order valence-electron chi connectivity index (χ4n) is 12.8. The molecule has 486 valence electrons. The number of esters is 4. The molecule has 12 atom stereocenters. The molecule has 2 aliphatic carbocycles. The molecule has 4 heterocycles. The summed E-state index contributed by atoms with van der Waals surface area (Å²) in [6.07, 6.45) is 11.9. The van der Waals surface area contributed by atoms with Gasteiger partial charge in [0.2, 0.25) is 23.6 Å². The van der Waals surface area contributed by atoms with Crippen molar-refractivity contribution >= 4 is 71.0 Å². The number of nitrogens with zero attached hydrogens (tertiary/aromatic N) is 1. The Bertz CT molecular complexity index is 2950. The second-order valence-corrected chi connectivity index (χ2v) is 25.4. The van der Waals surface area contributed by atoms with Gasteiger partial charge in [-0.2, -0.15) is 0 Å². The number of nitrogens with two attached hydrogens (primary N) is 1. The van der Waals surface area contributed by atoms with Crippen LogP contribution in [0.15, 0.2) is 72.4 Å². The number of urea groups is 1. The van der Waals surface area contributed by atoms with Gasteiger partial charge in [-0.15, -0.1) is 0 Å². The lowest BCUT2D eigenvalue weighted by molar-refractivity contribution is -0.233. The van der Waals surface area contributed by atoms with E-state index in [1.165, 1.54) is 30.4 Å². The van der Waals surface area contributed by atoms with Gasteiger partial charge in [0.15, 0.2) is 0 Å². The Hall–Kier alpha value is -7.73. The molecule has 4 aliphatic heterocycles. The zero-order valence-electron chi connectivity index (χ0n) is 52.6. The molecule has 24 nitrogen and oxygen atoms in total. The van der Waals surface area contributed by atoms with Crippen LogP contribution in [0.5, 0.6) is 0 Å². The molecule has 0 radical (unpaired) electrons. The number of ether oxygens (including phenoxy) is 6. The number of imide groups is 1. The molecule has 6 aliphatic rings. The van der Waals surface area contributed by atoms with Crippen LogP contribution < -0.4 is 32.3 Å². The Kier molecular flexibility index (Phi) is 23.0. The van der Waals surface area contributed by atoms with Crippen LogP contribution >= 0.6 is 0 Å². The van der Waals surface area contributed by atoms with Crippen LogP contribution in [0.3, 0.4) is 0 Å². The largest absolute Gasteiger partial charge is 0.463 e. The predicted molar refractivity (Wildman–Crippen MR) is 323 cm³/mol. The molecular weight excluding hydrogens is 1150 g/mol. The lowest BCUT2D eigenvalue weighted by Crippen LogP contribution is -2.67. The van der Waals surface area contributed by atoms with Gasteiger partial charge in [0.05, 0.1) is 42.2 Å². The summed E-state index contributed by atoms with van der Waals surface area (Å²) < 4.78 is 37.1. The predicted octanol–water partition coefficient (Wildman–Crippen LogP) is 5.54. The first-order valence-corrected chi connectivity index (χ1v) is 31.1. The first-order chi connectivity index (χ1) is 42.2. The zero-order chi connectivity index (χ0) is 65.0. The number of epoxide rings is 1. The third-order valence-corrected chi connectivity index (χ3v) is 19.1. The van der Waals surface area contributed by atoms with E-state index in [0.29, 0.717) is 75.6 Å². The number of benzene rings is 1. The Labute approximate surface area is 519 Å². The van der Waals surface area contributed by atoms with Crippen molar-refractivity contribution in [2.24, 2.45) is 39.7 Å². The van der Waals surface area contributed by atoms with E-state index in [4.69, 9.17) is 34.2 Å². The number of carbonyl (C=O) groups is 11. The highest BCUT2D eigenvalue weighted by Crippen LogP contribution is 2.72. The van der Waals surface area contributed by atoms with Crippen LogP contribution in [0.1, 0.15) is 151 Å². The Morgan fingerprint density at radius 2 is 1.52 bits per heavy atom. The highest BCUT2D eigenvalue weighted by Gasteiger charge is 2.83. The molecule has 24 heteroatoms. The van der Waals surface area contributed by atoms with E-state index in [1.807, 2.05) is 20.8 Å². The van der Waals surface area contributed by atoms with Crippen LogP contribution in [-0.2, 0) is 76.4 Å². The van der Waals surface area contributed by atoms with Crippen molar-refractivity contribution in [3.63, 3.8) is 0 Å². The molecule has 1 aromatic rings. The molecule has 89 heavy (non-hydrogen) atoms. The van der Waals surface area contributed by atoms with E-state index < -0.39 is 124 Å². The minimum atomic E-state index is -1.48. The van der Waals surface area contributed by atoms with E-state index >= 15 is 0 Å². The van der Waals surface area contributed by atoms with E-state index in [9.17, 15) is 52.7 Å². The van der Waals surface area contributed by atoms with Gasteiger partial charge < -0.3 is 60.7 Å². The fraction of sp³-hybridized carbons (Fsp3) is 0.615. The highest BCUT2D eigenvalue weighted by molar-refractivity contribution is 6.12. The van der Waals surface area contributed by atoms with Gasteiger partial charge in [-0.05, 0) is 94.7 Å². The van der Waals surface area contributed by atoms with Crippen LogP contribution in [0.4, 0.5) is 10.5 Å². The average Bonchev–Trinajstić information content (AvgIpc) is 1.50. The van der Waals surface area contributed by atoms with Crippen LogP contribution in [0.2, 0.25) is 0 Å². The average molecular weight is 1240 g/mol. The normalized spacial score (nSPS) is 28.0. The number of amides is 8. The quantitative estimate of drug-likeness (QED) is 0.0185. The number of hydrogen-bond acceptors (Lipinski definition) is 17. The van der Waals surface area contributed by atoms with Gasteiger partial charge >= 0.3 is 29.9 Å². The number of primary amides is 1. The summed E-state index contributed by atoms with van der Waals surface area (Å²) in [5.74, 6) is -7.72. The molecule has 8 amide bonds. The molecule has 7 rings (SSSR count). The maximum atomic E-state index is 14.8. The summed E-state index contributed by atoms with van der Waals surface area (Å²) in [7, 11) is 0. The van der Waals surface area contributed by atoms with Crippen LogP contribution in [0.25, 0.3) is 0 Å². The molecule has 2 saturated heterocycles. The third kappa shape index (κ3) is 16.0. The summed E-state index contributed by atoms with van der Waals surface area (Å²) in [5.41, 5.74) is 3.16. The van der Waals surface area contributed by atoms with E-state index in [2.05, 4.69) is 32.7 Å². The lowest BCUT2D eigenvalue weighted by atomic mass is 9.51.